The maximum atomic E-state index is 11.7. The van der Waals surface area contributed by atoms with Crippen LogP contribution in [0.2, 0.25) is 0 Å². The van der Waals surface area contributed by atoms with Crippen LogP contribution in [0.25, 0.3) is 0 Å². The summed E-state index contributed by atoms with van der Waals surface area (Å²) in [5, 5.41) is 2.34. The first-order chi connectivity index (χ1) is 8.16. The number of anilines is 1. The molecular formula is C12H11NO3P-. The molecule has 1 N–H and O–H groups in total. The Morgan fingerprint density at radius 2 is 1.47 bits per heavy atom. The second-order valence-electron chi connectivity index (χ2n) is 3.38. The Bertz CT molecular complexity index is 470. The molecule has 5 heteroatoms. The predicted octanol–water partition coefficient (Wildman–Crippen LogP) is 2.65. The van der Waals surface area contributed by atoms with Gasteiger partial charge < -0.3 is 14.5 Å². The number of hydrogen-bond donors (Lipinski definition) is 1. The lowest BCUT2D eigenvalue weighted by atomic mass is 10.3. The lowest BCUT2D eigenvalue weighted by Gasteiger charge is -2.25. The van der Waals surface area contributed by atoms with Gasteiger partial charge in [0.2, 0.25) is 0 Å². The molecule has 0 aliphatic rings. The lowest BCUT2D eigenvalue weighted by molar-refractivity contribution is -0.188. The van der Waals surface area contributed by atoms with E-state index in [1.165, 1.54) is 0 Å². The third kappa shape index (κ3) is 3.63. The molecule has 0 heterocycles. The number of benzene rings is 2. The molecule has 0 aliphatic carbocycles. The van der Waals surface area contributed by atoms with Crippen LogP contribution in [-0.4, -0.2) is 0 Å². The molecular weight excluding hydrogens is 237 g/mol. The molecule has 0 spiro atoms. The second-order valence-corrected chi connectivity index (χ2v) is 4.78. The summed E-state index contributed by atoms with van der Waals surface area (Å²) in [6.07, 6.45) is 0. The van der Waals surface area contributed by atoms with Gasteiger partial charge in [0.05, 0.1) is 0 Å². The first-order valence-corrected chi connectivity index (χ1v) is 6.59. The summed E-state index contributed by atoms with van der Waals surface area (Å²) >= 11 is 0. The van der Waals surface area contributed by atoms with E-state index in [9.17, 15) is 9.46 Å². The van der Waals surface area contributed by atoms with Crippen LogP contribution >= 0.6 is 7.75 Å². The highest BCUT2D eigenvalue weighted by molar-refractivity contribution is 7.53. The molecule has 0 aliphatic heterocycles. The molecule has 0 radical (unpaired) electrons. The highest BCUT2D eigenvalue weighted by Crippen LogP contribution is 2.38. The molecule has 2 aromatic rings. The molecule has 0 saturated carbocycles. The lowest BCUT2D eigenvalue weighted by Crippen LogP contribution is -2.15. The number of hydrogen-bond acceptors (Lipinski definition) is 3. The van der Waals surface area contributed by atoms with Crippen molar-refractivity contribution in [1.82, 2.24) is 0 Å². The maximum Gasteiger partial charge on any atom is 0.280 e. The van der Waals surface area contributed by atoms with Crippen molar-refractivity contribution in [2.45, 2.75) is 0 Å². The zero-order valence-corrected chi connectivity index (χ0v) is 9.84. The molecule has 1 unspecified atom stereocenters. The van der Waals surface area contributed by atoms with Crippen molar-refractivity contribution in [2.24, 2.45) is 0 Å². The third-order valence-electron chi connectivity index (χ3n) is 2.01. The van der Waals surface area contributed by atoms with Crippen molar-refractivity contribution < 1.29 is 14.0 Å². The zero-order valence-electron chi connectivity index (χ0n) is 8.95. The summed E-state index contributed by atoms with van der Waals surface area (Å²) in [6.45, 7) is 0. The summed E-state index contributed by atoms with van der Waals surface area (Å²) in [4.78, 5) is 11.7. The third-order valence-corrected chi connectivity index (χ3v) is 2.99. The van der Waals surface area contributed by atoms with E-state index in [1.807, 2.05) is 0 Å². The van der Waals surface area contributed by atoms with Crippen LogP contribution in [0.3, 0.4) is 0 Å². The normalized spacial score (nSPS) is 13.7. The van der Waals surface area contributed by atoms with Crippen LogP contribution in [0.15, 0.2) is 60.7 Å². The Balaban J connectivity index is 2.07. The van der Waals surface area contributed by atoms with E-state index in [2.05, 4.69) is 5.09 Å². The summed E-state index contributed by atoms with van der Waals surface area (Å²) in [5.74, 6) is 0.286. The smallest absolute Gasteiger partial charge is 0.280 e. The van der Waals surface area contributed by atoms with Crippen LogP contribution in [0, 0.1) is 0 Å². The SMILES string of the molecule is O=P([O-])(Nc1ccccc1)Oc1ccccc1. The first-order valence-electron chi connectivity index (χ1n) is 5.05. The van der Waals surface area contributed by atoms with Crippen LogP contribution in [-0.2, 0) is 4.57 Å². The minimum absolute atomic E-state index is 0.286. The fourth-order valence-corrected chi connectivity index (χ4v) is 2.22. The highest BCUT2D eigenvalue weighted by Gasteiger charge is 2.09. The van der Waals surface area contributed by atoms with Gasteiger partial charge in [0.1, 0.15) is 5.75 Å². The van der Waals surface area contributed by atoms with Gasteiger partial charge in [0, 0.05) is 5.69 Å². The molecule has 0 bridgehead atoms. The van der Waals surface area contributed by atoms with Crippen molar-refractivity contribution in [3.05, 3.63) is 60.7 Å². The predicted molar refractivity (Wildman–Crippen MR) is 64.7 cm³/mol. The van der Waals surface area contributed by atoms with Crippen molar-refractivity contribution in [1.29, 1.82) is 0 Å². The Hall–Kier alpha value is -1.77. The van der Waals surface area contributed by atoms with E-state index in [1.54, 1.807) is 60.7 Å². The van der Waals surface area contributed by atoms with Crippen molar-refractivity contribution in [3.8, 4) is 5.75 Å². The molecule has 0 fully saturated rings. The zero-order chi connectivity index (χ0) is 12.1. The van der Waals surface area contributed by atoms with Gasteiger partial charge in [-0.15, -0.1) is 0 Å². The first kappa shape index (κ1) is 11.7. The fourth-order valence-electron chi connectivity index (χ4n) is 1.31. The summed E-state index contributed by atoms with van der Waals surface area (Å²) in [6, 6.07) is 16.9. The minimum Gasteiger partial charge on any atom is -0.752 e. The van der Waals surface area contributed by atoms with Crippen molar-refractivity contribution >= 4 is 13.4 Å². The summed E-state index contributed by atoms with van der Waals surface area (Å²) < 4.78 is 16.6. The monoisotopic (exact) mass is 248 g/mol. The van der Waals surface area contributed by atoms with Gasteiger partial charge in [0.15, 0.2) is 0 Å². The Morgan fingerprint density at radius 1 is 0.941 bits per heavy atom. The van der Waals surface area contributed by atoms with E-state index in [0.29, 0.717) is 5.69 Å². The molecule has 2 aromatic carbocycles. The van der Waals surface area contributed by atoms with E-state index < -0.39 is 7.75 Å². The van der Waals surface area contributed by atoms with Gasteiger partial charge in [-0.05, 0) is 24.3 Å². The van der Waals surface area contributed by atoms with Gasteiger partial charge in [-0.2, -0.15) is 0 Å². The molecule has 17 heavy (non-hydrogen) atoms. The average molecular weight is 248 g/mol. The molecule has 0 aromatic heterocycles. The maximum absolute atomic E-state index is 11.7. The summed E-state index contributed by atoms with van der Waals surface area (Å²) in [5.41, 5.74) is 0.474. The topological polar surface area (TPSA) is 61.4 Å². The average Bonchev–Trinajstić information content (AvgIpc) is 2.30. The van der Waals surface area contributed by atoms with Crippen LogP contribution < -0.4 is 14.5 Å². The van der Waals surface area contributed by atoms with Crippen molar-refractivity contribution in [3.63, 3.8) is 0 Å². The van der Waals surface area contributed by atoms with E-state index >= 15 is 0 Å². The molecule has 0 amide bonds. The van der Waals surface area contributed by atoms with Gasteiger partial charge >= 0.3 is 0 Å². The molecule has 0 saturated heterocycles. The number of rotatable bonds is 4. The summed E-state index contributed by atoms with van der Waals surface area (Å²) in [7, 11) is -4.14. The fraction of sp³-hybridized carbons (Fsp3) is 0. The second kappa shape index (κ2) is 5.04. The molecule has 88 valence electrons. The van der Waals surface area contributed by atoms with Gasteiger partial charge in [0.25, 0.3) is 7.75 Å². The van der Waals surface area contributed by atoms with Gasteiger partial charge in [-0.3, -0.25) is 4.57 Å². The van der Waals surface area contributed by atoms with E-state index in [0.717, 1.165) is 0 Å². The minimum atomic E-state index is -4.14. The van der Waals surface area contributed by atoms with Crippen LogP contribution in [0.5, 0.6) is 5.75 Å². The van der Waals surface area contributed by atoms with Crippen LogP contribution in [0.1, 0.15) is 0 Å². The largest absolute Gasteiger partial charge is 0.752 e. The van der Waals surface area contributed by atoms with Gasteiger partial charge in [-0.1, -0.05) is 36.4 Å². The van der Waals surface area contributed by atoms with Crippen LogP contribution in [0.4, 0.5) is 5.69 Å². The standard InChI is InChI=1S/C12H12NO3P/c14-17(15,13-11-7-3-1-4-8-11)16-12-9-5-2-6-10-12/h1-10H,(H2,13,14,15)/p-1. The van der Waals surface area contributed by atoms with E-state index in [4.69, 9.17) is 4.52 Å². The Morgan fingerprint density at radius 3 is 2.06 bits per heavy atom. The van der Waals surface area contributed by atoms with Crippen molar-refractivity contribution in [2.75, 3.05) is 5.09 Å². The number of para-hydroxylation sites is 2. The Labute approximate surface area is 99.5 Å². The Kier molecular flexibility index (Phi) is 3.47. The highest BCUT2D eigenvalue weighted by atomic mass is 31.2. The van der Waals surface area contributed by atoms with Gasteiger partial charge in [-0.25, -0.2) is 0 Å². The quantitative estimate of drug-likeness (QED) is 0.845. The molecule has 4 nitrogen and oxygen atoms in total. The number of nitrogens with one attached hydrogen (secondary N) is 1. The molecule has 1 atom stereocenters. The molecule has 2 rings (SSSR count). The van der Waals surface area contributed by atoms with E-state index in [-0.39, 0.29) is 5.75 Å².